The highest BCUT2D eigenvalue weighted by molar-refractivity contribution is 9.10. The van der Waals surface area contributed by atoms with Gasteiger partial charge in [-0.1, -0.05) is 11.6 Å². The van der Waals surface area contributed by atoms with E-state index in [0.29, 0.717) is 28.2 Å². The van der Waals surface area contributed by atoms with Crippen molar-refractivity contribution in [3.8, 4) is 11.5 Å². The number of hydrogen-bond donors (Lipinski definition) is 3. The fraction of sp³-hybridized carbons (Fsp3) is 0.176. The van der Waals surface area contributed by atoms with Gasteiger partial charge in [-0.2, -0.15) is 0 Å². The predicted molar refractivity (Wildman–Crippen MR) is 101 cm³/mol. The highest BCUT2D eigenvalue weighted by Crippen LogP contribution is 2.37. The Morgan fingerprint density at radius 2 is 2.04 bits per heavy atom. The molecule has 4 N–H and O–H groups in total. The van der Waals surface area contributed by atoms with Gasteiger partial charge in [0.15, 0.2) is 18.1 Å². The number of benzene rings is 2. The van der Waals surface area contributed by atoms with Gasteiger partial charge in [-0.05, 0) is 51.8 Å². The van der Waals surface area contributed by atoms with Crippen LogP contribution in [0.4, 0.5) is 5.69 Å². The second kappa shape index (κ2) is 8.77. The van der Waals surface area contributed by atoms with Crippen LogP contribution in [0.1, 0.15) is 15.9 Å². The quantitative estimate of drug-likeness (QED) is 0.577. The van der Waals surface area contributed by atoms with Crippen LogP contribution in [0.15, 0.2) is 34.8 Å². The van der Waals surface area contributed by atoms with Crippen LogP contribution < -0.4 is 20.5 Å². The van der Waals surface area contributed by atoms with Crippen molar-refractivity contribution in [3.05, 3.63) is 51.0 Å². The summed E-state index contributed by atoms with van der Waals surface area (Å²) in [6.45, 7) is 0.161. The Morgan fingerprint density at radius 1 is 1.31 bits per heavy atom. The minimum absolute atomic E-state index is 0.0394. The van der Waals surface area contributed by atoms with Crippen LogP contribution in [0, 0.1) is 0 Å². The molecule has 0 spiro atoms. The molecule has 0 fully saturated rings. The number of primary amides is 1. The number of carbonyl (C=O) groups is 2. The van der Waals surface area contributed by atoms with Gasteiger partial charge < -0.3 is 25.6 Å². The first kappa shape index (κ1) is 19.9. The Bertz CT molecular complexity index is 844. The monoisotopic (exact) mass is 442 g/mol. The van der Waals surface area contributed by atoms with Crippen molar-refractivity contribution in [2.75, 3.05) is 19.0 Å². The highest BCUT2D eigenvalue weighted by atomic mass is 79.9. The first-order valence-electron chi connectivity index (χ1n) is 7.36. The second-order valence-electron chi connectivity index (χ2n) is 5.22. The molecule has 0 saturated heterocycles. The molecule has 2 rings (SSSR count). The van der Waals surface area contributed by atoms with Crippen molar-refractivity contribution >= 4 is 45.1 Å². The van der Waals surface area contributed by atoms with E-state index in [-0.39, 0.29) is 17.2 Å². The third kappa shape index (κ3) is 5.03. The summed E-state index contributed by atoms with van der Waals surface area (Å²) in [5.41, 5.74) is 6.66. The van der Waals surface area contributed by atoms with E-state index in [1.807, 2.05) is 0 Å². The van der Waals surface area contributed by atoms with Crippen LogP contribution in [-0.2, 0) is 11.3 Å². The number of carbonyl (C=O) groups excluding carboxylic acids is 1. The van der Waals surface area contributed by atoms with Crippen molar-refractivity contribution < 1.29 is 24.2 Å². The van der Waals surface area contributed by atoms with Crippen molar-refractivity contribution in [3.63, 3.8) is 0 Å². The van der Waals surface area contributed by atoms with Crippen molar-refractivity contribution in [1.29, 1.82) is 0 Å². The van der Waals surface area contributed by atoms with Gasteiger partial charge in [0.1, 0.15) is 0 Å². The number of carboxylic acids is 1. The Hall–Kier alpha value is -2.45. The topological polar surface area (TPSA) is 111 Å². The van der Waals surface area contributed by atoms with Gasteiger partial charge in [-0.15, -0.1) is 0 Å². The molecule has 7 nitrogen and oxygen atoms in total. The summed E-state index contributed by atoms with van der Waals surface area (Å²) >= 11 is 9.34. The lowest BCUT2D eigenvalue weighted by Crippen LogP contribution is -2.20. The summed E-state index contributed by atoms with van der Waals surface area (Å²) in [6, 6.07) is 8.16. The van der Waals surface area contributed by atoms with Gasteiger partial charge in [0.25, 0.3) is 5.91 Å². The summed E-state index contributed by atoms with van der Waals surface area (Å²) in [5, 5.41) is 12.3. The lowest BCUT2D eigenvalue weighted by atomic mass is 10.1. The Balaban J connectivity index is 2.15. The van der Waals surface area contributed by atoms with Crippen LogP contribution in [0.5, 0.6) is 11.5 Å². The lowest BCUT2D eigenvalue weighted by molar-refractivity contribution is -0.119. The molecule has 2 aromatic rings. The standard InChI is InChI=1S/C17H16BrClN2O5/c1-25-14-5-9(4-12(18)16(14)26-8-15(20)22)7-21-10-2-3-11(17(23)24)13(19)6-10/h2-6,21H,7-8H2,1H3,(H2,20,22)(H,23,24). The molecular formula is C17H16BrClN2O5. The maximum absolute atomic E-state index is 11.0. The number of methoxy groups -OCH3 is 1. The third-order valence-corrected chi connectivity index (χ3v) is 4.25. The Labute approximate surface area is 163 Å². The van der Waals surface area contributed by atoms with E-state index in [0.717, 1.165) is 5.56 Å². The number of anilines is 1. The molecule has 0 aromatic heterocycles. The summed E-state index contributed by atoms with van der Waals surface area (Å²) in [7, 11) is 1.49. The van der Waals surface area contributed by atoms with Gasteiger partial charge in [0, 0.05) is 12.2 Å². The minimum atomic E-state index is -1.08. The summed E-state index contributed by atoms with van der Waals surface area (Å²) < 4.78 is 11.2. The van der Waals surface area contributed by atoms with E-state index in [9.17, 15) is 9.59 Å². The van der Waals surface area contributed by atoms with E-state index < -0.39 is 11.9 Å². The molecule has 9 heteroatoms. The van der Waals surface area contributed by atoms with Crippen molar-refractivity contribution in [1.82, 2.24) is 0 Å². The van der Waals surface area contributed by atoms with Crippen molar-refractivity contribution in [2.45, 2.75) is 6.54 Å². The molecule has 26 heavy (non-hydrogen) atoms. The number of nitrogens with two attached hydrogens (primary N) is 1. The first-order chi connectivity index (χ1) is 12.3. The minimum Gasteiger partial charge on any atom is -0.493 e. The van der Waals surface area contributed by atoms with E-state index in [4.69, 9.17) is 31.9 Å². The Morgan fingerprint density at radius 3 is 2.62 bits per heavy atom. The van der Waals surface area contributed by atoms with E-state index >= 15 is 0 Å². The van der Waals surface area contributed by atoms with Gasteiger partial charge in [0.05, 0.1) is 22.2 Å². The number of rotatable bonds is 8. The molecule has 0 unspecified atom stereocenters. The number of ether oxygens (including phenoxy) is 2. The second-order valence-corrected chi connectivity index (χ2v) is 6.48. The highest BCUT2D eigenvalue weighted by Gasteiger charge is 2.13. The van der Waals surface area contributed by atoms with Crippen LogP contribution in [0.25, 0.3) is 0 Å². The largest absolute Gasteiger partial charge is 0.493 e. The summed E-state index contributed by atoms with van der Waals surface area (Å²) in [4.78, 5) is 21.9. The number of carboxylic acid groups (broad SMARTS) is 1. The molecule has 1 amide bonds. The molecule has 0 saturated carbocycles. The molecule has 0 bridgehead atoms. The first-order valence-corrected chi connectivity index (χ1v) is 8.53. The molecule has 0 atom stereocenters. The summed E-state index contributed by atoms with van der Waals surface area (Å²) in [6.07, 6.45) is 0. The number of halogens is 2. The summed E-state index contributed by atoms with van der Waals surface area (Å²) in [5.74, 6) is -0.853. The molecule has 0 heterocycles. The van der Waals surface area contributed by atoms with Gasteiger partial charge in [-0.25, -0.2) is 4.79 Å². The molecule has 2 aromatic carbocycles. The molecule has 0 radical (unpaired) electrons. The third-order valence-electron chi connectivity index (χ3n) is 3.34. The SMILES string of the molecule is COc1cc(CNc2ccc(C(=O)O)c(Cl)c2)cc(Br)c1OCC(N)=O. The van der Waals surface area contributed by atoms with Crippen LogP contribution in [0.3, 0.4) is 0 Å². The molecule has 0 aliphatic rings. The lowest BCUT2D eigenvalue weighted by Gasteiger charge is -2.14. The van der Waals surface area contributed by atoms with Gasteiger partial charge >= 0.3 is 5.97 Å². The fourth-order valence-electron chi connectivity index (χ4n) is 2.16. The zero-order valence-electron chi connectivity index (χ0n) is 13.7. The average Bonchev–Trinajstić information content (AvgIpc) is 2.58. The Kier molecular flexibility index (Phi) is 6.70. The van der Waals surface area contributed by atoms with E-state index in [1.165, 1.54) is 13.2 Å². The molecule has 138 valence electrons. The van der Waals surface area contributed by atoms with Gasteiger partial charge in [-0.3, -0.25) is 4.79 Å². The van der Waals surface area contributed by atoms with Crippen LogP contribution in [-0.4, -0.2) is 30.7 Å². The average molecular weight is 444 g/mol. The van der Waals surface area contributed by atoms with Crippen LogP contribution >= 0.6 is 27.5 Å². The molecule has 0 aliphatic carbocycles. The predicted octanol–water partition coefficient (Wildman–Crippen LogP) is 3.29. The number of hydrogen-bond acceptors (Lipinski definition) is 5. The van der Waals surface area contributed by atoms with E-state index in [1.54, 1.807) is 24.3 Å². The molecule has 0 aliphatic heterocycles. The number of amides is 1. The zero-order valence-corrected chi connectivity index (χ0v) is 16.1. The van der Waals surface area contributed by atoms with E-state index in [2.05, 4.69) is 21.2 Å². The zero-order chi connectivity index (χ0) is 19.3. The smallest absolute Gasteiger partial charge is 0.337 e. The molecular weight excluding hydrogens is 428 g/mol. The maximum atomic E-state index is 11.0. The number of aromatic carboxylic acids is 1. The maximum Gasteiger partial charge on any atom is 0.337 e. The normalized spacial score (nSPS) is 10.3. The van der Waals surface area contributed by atoms with Crippen molar-refractivity contribution in [2.24, 2.45) is 5.73 Å². The van der Waals surface area contributed by atoms with Gasteiger partial charge in [0.2, 0.25) is 0 Å². The van der Waals surface area contributed by atoms with Crippen LogP contribution in [0.2, 0.25) is 5.02 Å². The fourth-order valence-corrected chi connectivity index (χ4v) is 3.03. The number of nitrogens with one attached hydrogen (secondary N) is 1.